The van der Waals surface area contributed by atoms with Gasteiger partial charge in [0, 0.05) is 6.04 Å². The van der Waals surface area contributed by atoms with E-state index in [-0.39, 0.29) is 0 Å². The highest BCUT2D eigenvalue weighted by atomic mass is 15.2. The molecule has 0 aromatic heterocycles. The van der Waals surface area contributed by atoms with Crippen LogP contribution in [0.4, 0.5) is 0 Å². The van der Waals surface area contributed by atoms with Gasteiger partial charge in [0.15, 0.2) is 0 Å². The number of fused-ring (bicyclic) bond motifs is 2. The van der Waals surface area contributed by atoms with Crippen molar-refractivity contribution >= 4 is 0 Å². The smallest absolute Gasteiger partial charge is 0.0246 e. The first-order valence-corrected chi connectivity index (χ1v) is 9.76. The summed E-state index contributed by atoms with van der Waals surface area (Å²) in [7, 11) is 0. The third kappa shape index (κ3) is 2.12. The predicted molar refractivity (Wildman–Crippen MR) is 85.2 cm³/mol. The molecule has 6 aliphatic carbocycles. The van der Waals surface area contributed by atoms with E-state index in [0.29, 0.717) is 6.04 Å². The molecule has 6 bridgehead atoms. The van der Waals surface area contributed by atoms with E-state index in [9.17, 15) is 0 Å². The van der Waals surface area contributed by atoms with Gasteiger partial charge in [-0.1, -0.05) is 6.42 Å². The molecular formula is C19H32N2. The molecule has 0 aromatic carbocycles. The van der Waals surface area contributed by atoms with Crippen molar-refractivity contribution in [3.63, 3.8) is 0 Å². The molecule has 6 saturated carbocycles. The SMILES string of the molecule is NNC(CC1CC2CCC1C2)C1C2CC3CC(C2)CC1C3. The van der Waals surface area contributed by atoms with E-state index in [4.69, 9.17) is 5.84 Å². The lowest BCUT2D eigenvalue weighted by atomic mass is 9.50. The molecule has 21 heavy (non-hydrogen) atoms. The standard InChI is InChI=1S/C19H32N2/c20-21-18(10-15-5-11-1-2-14(15)4-11)19-16-6-12-3-13(8-16)9-17(19)7-12/h11-19,21H,1-10,20H2. The van der Waals surface area contributed by atoms with Crippen LogP contribution in [0.5, 0.6) is 0 Å². The molecule has 0 saturated heterocycles. The molecule has 4 unspecified atom stereocenters. The van der Waals surface area contributed by atoms with Gasteiger partial charge < -0.3 is 0 Å². The zero-order valence-corrected chi connectivity index (χ0v) is 13.3. The summed E-state index contributed by atoms with van der Waals surface area (Å²) in [5, 5.41) is 0. The van der Waals surface area contributed by atoms with Crippen molar-refractivity contribution in [2.75, 3.05) is 0 Å². The van der Waals surface area contributed by atoms with Crippen molar-refractivity contribution in [3.8, 4) is 0 Å². The Bertz CT molecular complexity index is 378. The first-order chi connectivity index (χ1) is 10.3. The van der Waals surface area contributed by atoms with E-state index >= 15 is 0 Å². The van der Waals surface area contributed by atoms with E-state index in [1.807, 2.05) is 0 Å². The van der Waals surface area contributed by atoms with E-state index < -0.39 is 0 Å². The van der Waals surface area contributed by atoms with Crippen LogP contribution >= 0.6 is 0 Å². The summed E-state index contributed by atoms with van der Waals surface area (Å²) in [6, 6.07) is 0.629. The molecule has 0 aliphatic heterocycles. The third-order valence-electron chi connectivity index (χ3n) is 8.42. The van der Waals surface area contributed by atoms with Crippen molar-refractivity contribution in [1.29, 1.82) is 0 Å². The molecule has 3 N–H and O–H groups in total. The van der Waals surface area contributed by atoms with Crippen LogP contribution in [0, 0.1) is 47.3 Å². The summed E-state index contributed by atoms with van der Waals surface area (Å²) in [5.41, 5.74) is 3.32. The van der Waals surface area contributed by atoms with Gasteiger partial charge in [-0.3, -0.25) is 11.3 Å². The second kappa shape index (κ2) is 4.96. The topological polar surface area (TPSA) is 38.0 Å². The Morgan fingerprint density at radius 2 is 1.43 bits per heavy atom. The van der Waals surface area contributed by atoms with Gasteiger partial charge in [-0.05, 0) is 105 Å². The summed E-state index contributed by atoms with van der Waals surface area (Å²) in [6.07, 6.45) is 15.2. The van der Waals surface area contributed by atoms with Crippen LogP contribution in [0.25, 0.3) is 0 Å². The summed E-state index contributed by atoms with van der Waals surface area (Å²) in [5.74, 6) is 14.3. The molecule has 0 radical (unpaired) electrons. The monoisotopic (exact) mass is 288 g/mol. The van der Waals surface area contributed by atoms with E-state index in [1.54, 1.807) is 12.8 Å². The minimum absolute atomic E-state index is 0.629. The number of nitrogens with one attached hydrogen (secondary N) is 1. The van der Waals surface area contributed by atoms with Crippen LogP contribution in [-0.2, 0) is 0 Å². The van der Waals surface area contributed by atoms with Crippen molar-refractivity contribution < 1.29 is 0 Å². The van der Waals surface area contributed by atoms with Gasteiger partial charge in [0.1, 0.15) is 0 Å². The highest BCUT2D eigenvalue weighted by Crippen LogP contribution is 2.58. The molecule has 6 rings (SSSR count). The molecule has 2 nitrogen and oxygen atoms in total. The maximum absolute atomic E-state index is 6.08. The molecule has 0 spiro atoms. The highest BCUT2D eigenvalue weighted by Gasteiger charge is 2.51. The van der Waals surface area contributed by atoms with Crippen LogP contribution < -0.4 is 11.3 Å². The summed E-state index contributed by atoms with van der Waals surface area (Å²) in [4.78, 5) is 0. The number of rotatable bonds is 4. The van der Waals surface area contributed by atoms with Gasteiger partial charge >= 0.3 is 0 Å². The summed E-state index contributed by atoms with van der Waals surface area (Å²) in [6.45, 7) is 0. The van der Waals surface area contributed by atoms with Crippen molar-refractivity contribution in [2.45, 2.75) is 70.3 Å². The molecule has 0 heterocycles. The maximum Gasteiger partial charge on any atom is 0.0246 e. The minimum Gasteiger partial charge on any atom is -0.271 e. The first-order valence-electron chi connectivity index (χ1n) is 9.76. The van der Waals surface area contributed by atoms with Crippen LogP contribution in [0.15, 0.2) is 0 Å². The van der Waals surface area contributed by atoms with E-state index in [2.05, 4.69) is 5.43 Å². The van der Waals surface area contributed by atoms with Crippen LogP contribution in [-0.4, -0.2) is 6.04 Å². The lowest BCUT2D eigenvalue weighted by molar-refractivity contribution is -0.0559. The fraction of sp³-hybridized carbons (Fsp3) is 1.00. The van der Waals surface area contributed by atoms with E-state index in [1.165, 1.54) is 51.4 Å². The number of hydrogen-bond acceptors (Lipinski definition) is 2. The Morgan fingerprint density at radius 1 is 0.762 bits per heavy atom. The van der Waals surface area contributed by atoms with E-state index in [0.717, 1.165) is 47.3 Å². The lowest BCUT2D eigenvalue weighted by Crippen LogP contribution is -2.55. The zero-order chi connectivity index (χ0) is 14.0. The Kier molecular flexibility index (Phi) is 3.16. The quantitative estimate of drug-likeness (QED) is 0.611. The van der Waals surface area contributed by atoms with Gasteiger partial charge in [-0.2, -0.15) is 0 Å². The van der Waals surface area contributed by atoms with Crippen molar-refractivity contribution in [3.05, 3.63) is 0 Å². The first kappa shape index (κ1) is 13.4. The fourth-order valence-electron chi connectivity index (χ4n) is 7.95. The number of nitrogens with two attached hydrogens (primary N) is 1. The van der Waals surface area contributed by atoms with Gasteiger partial charge in [0.2, 0.25) is 0 Å². The average Bonchev–Trinajstić information content (AvgIpc) is 3.07. The molecule has 2 heteroatoms. The van der Waals surface area contributed by atoms with Crippen LogP contribution in [0.2, 0.25) is 0 Å². The molecule has 6 fully saturated rings. The second-order valence-corrected chi connectivity index (χ2v) is 9.45. The molecule has 118 valence electrons. The van der Waals surface area contributed by atoms with Crippen molar-refractivity contribution in [1.82, 2.24) is 5.43 Å². The van der Waals surface area contributed by atoms with Crippen LogP contribution in [0.1, 0.15) is 64.2 Å². The summed E-state index contributed by atoms with van der Waals surface area (Å²) < 4.78 is 0. The third-order valence-corrected chi connectivity index (χ3v) is 8.42. The fourth-order valence-corrected chi connectivity index (χ4v) is 7.95. The van der Waals surface area contributed by atoms with Gasteiger partial charge in [-0.25, -0.2) is 0 Å². The van der Waals surface area contributed by atoms with Gasteiger partial charge in [0.05, 0.1) is 0 Å². The Labute approximate surface area is 129 Å². The molecular weight excluding hydrogens is 256 g/mol. The predicted octanol–water partition coefficient (Wildman–Crippen LogP) is 3.72. The largest absolute Gasteiger partial charge is 0.271 e. The van der Waals surface area contributed by atoms with Crippen molar-refractivity contribution in [2.24, 2.45) is 53.2 Å². The van der Waals surface area contributed by atoms with Gasteiger partial charge in [0.25, 0.3) is 0 Å². The lowest BCUT2D eigenvalue weighted by Gasteiger charge is -2.56. The maximum atomic E-state index is 6.08. The second-order valence-electron chi connectivity index (χ2n) is 9.45. The Hall–Kier alpha value is -0.0800. The average molecular weight is 288 g/mol. The Morgan fingerprint density at radius 3 is 1.95 bits per heavy atom. The molecule has 0 aromatic rings. The minimum atomic E-state index is 0.629. The Balaban J connectivity index is 1.31. The summed E-state index contributed by atoms with van der Waals surface area (Å²) >= 11 is 0. The highest BCUT2D eigenvalue weighted by molar-refractivity contribution is 5.02. The number of hydrazine groups is 1. The van der Waals surface area contributed by atoms with Gasteiger partial charge in [-0.15, -0.1) is 0 Å². The zero-order valence-electron chi connectivity index (χ0n) is 13.3. The molecule has 6 aliphatic rings. The van der Waals surface area contributed by atoms with Crippen LogP contribution in [0.3, 0.4) is 0 Å². The molecule has 0 amide bonds. The molecule has 4 atom stereocenters. The normalized spacial score (nSPS) is 55.3. The number of hydrogen-bond donors (Lipinski definition) is 2.